The number of amidine groups is 1. The number of aromatic nitrogens is 3. The van der Waals surface area contributed by atoms with Crippen LogP contribution >= 0.6 is 11.8 Å². The lowest BCUT2D eigenvalue weighted by molar-refractivity contribution is -0.274. The number of urea groups is 1. The van der Waals surface area contributed by atoms with E-state index in [-0.39, 0.29) is 11.8 Å². The molecule has 1 aliphatic heterocycles. The molecule has 1 atom stereocenters. The predicted octanol–water partition coefficient (Wildman–Crippen LogP) is 7.31. The van der Waals surface area contributed by atoms with Crippen LogP contribution in [0.1, 0.15) is 43.4 Å². The third kappa shape index (κ3) is 7.46. The highest BCUT2D eigenvalue weighted by atomic mass is 32.2. The van der Waals surface area contributed by atoms with Crippen molar-refractivity contribution in [3.63, 3.8) is 0 Å². The van der Waals surface area contributed by atoms with Crippen molar-refractivity contribution in [3.8, 4) is 22.8 Å². The molecule has 2 heterocycles. The first kappa shape index (κ1) is 30.8. The first-order valence-corrected chi connectivity index (χ1v) is 14.8. The van der Waals surface area contributed by atoms with Crippen molar-refractivity contribution in [3.05, 3.63) is 89.7 Å². The van der Waals surface area contributed by atoms with Crippen molar-refractivity contribution in [1.82, 2.24) is 20.2 Å². The summed E-state index contributed by atoms with van der Waals surface area (Å²) < 4.78 is 42.5. The van der Waals surface area contributed by atoms with E-state index in [1.165, 1.54) is 47.1 Å². The molecule has 13 heteroatoms. The minimum atomic E-state index is -4.76. The Morgan fingerprint density at radius 2 is 1.84 bits per heavy atom. The maximum absolute atomic E-state index is 12.7. The standard InChI is InChI=1S/C31H30F3N7O2S/c1-19(2)26-14-5-20(3)15-27(26)41-21(4)17-44-30(41)37-29(42)38-36-16-22-6-8-23(9-7-22)28-35-18-40(39-28)24-10-12-25(13-11-24)43-31(32,33)34/h5-16,18-19,21H,17H2,1-4H3,(H,38,42)/b36-16+,37-30-. The number of amides is 2. The number of alkyl halides is 3. The van der Waals surface area contributed by atoms with Crippen LogP contribution in [0, 0.1) is 6.92 Å². The van der Waals surface area contributed by atoms with Gasteiger partial charge in [0.05, 0.1) is 11.9 Å². The number of rotatable bonds is 7. The molecule has 9 nitrogen and oxygen atoms in total. The van der Waals surface area contributed by atoms with Crippen LogP contribution in [0.4, 0.5) is 23.7 Å². The summed E-state index contributed by atoms with van der Waals surface area (Å²) in [4.78, 5) is 23.4. The maximum atomic E-state index is 12.7. The molecule has 1 N–H and O–H groups in total. The number of nitrogens with one attached hydrogen (secondary N) is 1. The number of ether oxygens (including phenoxy) is 1. The van der Waals surface area contributed by atoms with Crippen LogP contribution in [0.5, 0.6) is 5.75 Å². The fraction of sp³-hybridized carbons (Fsp3) is 0.258. The van der Waals surface area contributed by atoms with Gasteiger partial charge in [0.25, 0.3) is 0 Å². The second kappa shape index (κ2) is 12.9. The largest absolute Gasteiger partial charge is 0.573 e. The molecule has 2 amide bonds. The van der Waals surface area contributed by atoms with E-state index >= 15 is 0 Å². The highest BCUT2D eigenvalue weighted by molar-refractivity contribution is 8.14. The summed E-state index contributed by atoms with van der Waals surface area (Å²) in [5, 5.41) is 9.10. The molecule has 0 aliphatic carbocycles. The zero-order valence-electron chi connectivity index (χ0n) is 24.4. The Balaban J connectivity index is 1.21. The predicted molar refractivity (Wildman–Crippen MR) is 167 cm³/mol. The van der Waals surface area contributed by atoms with E-state index in [9.17, 15) is 18.0 Å². The number of carbonyl (C=O) groups is 1. The maximum Gasteiger partial charge on any atom is 0.573 e. The lowest BCUT2D eigenvalue weighted by Gasteiger charge is -2.27. The number of aryl methyl sites for hydroxylation is 1. The van der Waals surface area contributed by atoms with Gasteiger partial charge in [0.1, 0.15) is 12.1 Å². The summed E-state index contributed by atoms with van der Waals surface area (Å²) in [6.07, 6.45) is -1.78. The molecule has 4 aromatic rings. The first-order valence-electron chi connectivity index (χ1n) is 13.8. The average Bonchev–Trinajstić information content (AvgIpc) is 3.60. The molecule has 1 aromatic heterocycles. The van der Waals surface area contributed by atoms with Gasteiger partial charge in [-0.25, -0.2) is 19.9 Å². The number of hydrazone groups is 1. The number of thioether (sulfide) groups is 1. The van der Waals surface area contributed by atoms with Gasteiger partial charge in [-0.15, -0.1) is 18.3 Å². The van der Waals surface area contributed by atoms with Crippen LogP contribution in [0.2, 0.25) is 0 Å². The molecule has 228 valence electrons. The zero-order valence-corrected chi connectivity index (χ0v) is 25.2. The van der Waals surface area contributed by atoms with Gasteiger partial charge < -0.3 is 9.64 Å². The van der Waals surface area contributed by atoms with Gasteiger partial charge in [-0.3, -0.25) is 0 Å². The number of nitrogens with zero attached hydrogens (tertiary/aromatic N) is 6. The molecular formula is C31H30F3N7O2S. The van der Waals surface area contributed by atoms with Crippen LogP contribution in [0.15, 0.2) is 83.2 Å². The van der Waals surface area contributed by atoms with E-state index in [0.29, 0.717) is 22.6 Å². The Labute approximate surface area is 256 Å². The molecule has 0 radical (unpaired) electrons. The van der Waals surface area contributed by atoms with Gasteiger partial charge in [0, 0.05) is 23.0 Å². The Bertz CT molecular complexity index is 1680. The van der Waals surface area contributed by atoms with E-state index in [1.54, 1.807) is 36.0 Å². The van der Waals surface area contributed by atoms with E-state index in [1.807, 2.05) is 0 Å². The molecule has 5 rings (SSSR count). The molecule has 0 bridgehead atoms. The molecule has 1 unspecified atom stereocenters. The lowest BCUT2D eigenvalue weighted by Crippen LogP contribution is -2.33. The minimum absolute atomic E-state index is 0.187. The smallest absolute Gasteiger partial charge is 0.406 e. The van der Waals surface area contributed by atoms with Crippen LogP contribution in [-0.2, 0) is 0 Å². The van der Waals surface area contributed by atoms with Crippen LogP contribution in [0.3, 0.4) is 0 Å². The SMILES string of the molecule is Cc1ccc(C(C)C)c(N2/C(=N/C(=O)N/N=C/c3ccc(-c4ncn(-c5ccc(OC(F)(F)F)cc5)n4)cc3)SCC2C)c1. The Hall–Kier alpha value is -4.65. The van der Waals surface area contributed by atoms with Gasteiger partial charge in [0.2, 0.25) is 0 Å². The molecule has 1 aliphatic rings. The second-order valence-corrected chi connectivity index (χ2v) is 11.5. The molecule has 0 saturated carbocycles. The van der Waals surface area contributed by atoms with E-state index in [4.69, 9.17) is 0 Å². The lowest BCUT2D eigenvalue weighted by atomic mass is 9.98. The van der Waals surface area contributed by atoms with Crippen molar-refractivity contribution in [2.45, 2.75) is 46.0 Å². The van der Waals surface area contributed by atoms with Gasteiger partial charge in [0.15, 0.2) is 11.0 Å². The number of carbonyl (C=O) groups excluding carboxylic acids is 1. The first-order chi connectivity index (χ1) is 21.0. The number of anilines is 1. The highest BCUT2D eigenvalue weighted by Crippen LogP contribution is 2.36. The summed E-state index contributed by atoms with van der Waals surface area (Å²) in [5.41, 5.74) is 7.87. The summed E-state index contributed by atoms with van der Waals surface area (Å²) in [6, 6.07) is 18.5. The molecule has 44 heavy (non-hydrogen) atoms. The molecular weight excluding hydrogens is 591 g/mol. The van der Waals surface area contributed by atoms with Crippen LogP contribution < -0.4 is 15.1 Å². The molecule has 3 aromatic carbocycles. The Kier molecular flexibility index (Phi) is 9.04. The fourth-order valence-corrected chi connectivity index (χ4v) is 5.72. The van der Waals surface area contributed by atoms with Gasteiger partial charge in [-0.1, -0.05) is 62.0 Å². The monoisotopic (exact) mass is 621 g/mol. The third-order valence-corrected chi connectivity index (χ3v) is 7.93. The minimum Gasteiger partial charge on any atom is -0.406 e. The van der Waals surface area contributed by atoms with Crippen molar-refractivity contribution < 1.29 is 22.7 Å². The number of hydrogen-bond acceptors (Lipinski definition) is 6. The van der Waals surface area contributed by atoms with E-state index in [0.717, 1.165) is 28.1 Å². The quantitative estimate of drug-likeness (QED) is 0.172. The van der Waals surface area contributed by atoms with Gasteiger partial charge in [-0.2, -0.15) is 10.1 Å². The normalized spacial score (nSPS) is 16.3. The molecule has 0 spiro atoms. The number of hydrogen-bond donors (Lipinski definition) is 1. The van der Waals surface area contributed by atoms with Crippen LogP contribution in [-0.4, -0.2) is 50.3 Å². The van der Waals surface area contributed by atoms with Gasteiger partial charge >= 0.3 is 12.4 Å². The van der Waals surface area contributed by atoms with Crippen LogP contribution in [0.25, 0.3) is 17.1 Å². The summed E-state index contributed by atoms with van der Waals surface area (Å²) in [5.74, 6) is 1.25. The number of aliphatic imine (C=N–C) groups is 1. The zero-order chi connectivity index (χ0) is 31.4. The third-order valence-electron chi connectivity index (χ3n) is 6.73. The highest BCUT2D eigenvalue weighted by Gasteiger charge is 2.32. The topological polar surface area (TPSA) is 97.0 Å². The van der Waals surface area contributed by atoms with Crippen molar-refractivity contribution in [2.24, 2.45) is 10.1 Å². The number of benzene rings is 3. The van der Waals surface area contributed by atoms with E-state index < -0.39 is 12.4 Å². The summed E-state index contributed by atoms with van der Waals surface area (Å²) >= 11 is 1.54. The summed E-state index contributed by atoms with van der Waals surface area (Å²) in [6.45, 7) is 8.48. The van der Waals surface area contributed by atoms with E-state index in [2.05, 4.69) is 81.1 Å². The average molecular weight is 622 g/mol. The summed E-state index contributed by atoms with van der Waals surface area (Å²) in [7, 11) is 0. The fourth-order valence-electron chi connectivity index (χ4n) is 4.62. The van der Waals surface area contributed by atoms with Crippen molar-refractivity contribution in [1.29, 1.82) is 0 Å². The van der Waals surface area contributed by atoms with Gasteiger partial charge in [-0.05, 0) is 66.8 Å². The van der Waals surface area contributed by atoms with Crippen molar-refractivity contribution in [2.75, 3.05) is 10.7 Å². The second-order valence-electron chi connectivity index (χ2n) is 10.5. The molecule has 1 fully saturated rings. The van der Waals surface area contributed by atoms with Crippen molar-refractivity contribution >= 4 is 34.9 Å². The number of halogens is 3. The Morgan fingerprint density at radius 3 is 2.52 bits per heavy atom. The molecule has 1 saturated heterocycles. The Morgan fingerprint density at radius 1 is 1.11 bits per heavy atom.